The van der Waals surface area contributed by atoms with Crippen molar-refractivity contribution in [2.75, 3.05) is 18.6 Å². The Kier molecular flexibility index (Phi) is 4.12. The Labute approximate surface area is 106 Å². The van der Waals surface area contributed by atoms with Gasteiger partial charge in [0.15, 0.2) is 5.82 Å². The van der Waals surface area contributed by atoms with Crippen LogP contribution in [0.5, 0.6) is 0 Å². The number of hydrogen-bond acceptors (Lipinski definition) is 6. The van der Waals surface area contributed by atoms with Crippen LogP contribution in [0.25, 0.3) is 0 Å². The third-order valence-corrected chi connectivity index (χ3v) is 4.18. The second-order valence-electron chi connectivity index (χ2n) is 3.98. The van der Waals surface area contributed by atoms with Crippen molar-refractivity contribution in [1.29, 1.82) is 0 Å². The lowest BCUT2D eigenvalue weighted by Gasteiger charge is -2.12. The zero-order valence-corrected chi connectivity index (χ0v) is 10.6. The molecule has 0 amide bonds. The highest BCUT2D eigenvalue weighted by molar-refractivity contribution is 7.89. The Hall–Kier alpha value is -1.22. The molecular formula is C10H16N4O3S. The SMILES string of the molecule is NNc1ncccc1S(=O)(=O)NCC1CCCO1. The Bertz CT molecular complexity index is 500. The predicted molar refractivity (Wildman–Crippen MR) is 66.2 cm³/mol. The molecule has 4 N–H and O–H groups in total. The first-order chi connectivity index (χ1) is 8.63. The lowest BCUT2D eigenvalue weighted by atomic mass is 10.2. The normalized spacial score (nSPS) is 19.9. The molecule has 0 radical (unpaired) electrons. The number of anilines is 1. The number of nitrogens with two attached hydrogens (primary N) is 1. The van der Waals surface area contributed by atoms with Gasteiger partial charge in [0.05, 0.1) is 6.10 Å². The van der Waals surface area contributed by atoms with Gasteiger partial charge in [-0.3, -0.25) is 0 Å². The van der Waals surface area contributed by atoms with E-state index in [0.29, 0.717) is 6.61 Å². The molecule has 8 heteroatoms. The van der Waals surface area contributed by atoms with Gasteiger partial charge < -0.3 is 10.2 Å². The number of hydrazine groups is 1. The second kappa shape index (κ2) is 5.61. The molecule has 2 heterocycles. The summed E-state index contributed by atoms with van der Waals surface area (Å²) >= 11 is 0. The summed E-state index contributed by atoms with van der Waals surface area (Å²) in [5, 5.41) is 0. The summed E-state index contributed by atoms with van der Waals surface area (Å²) in [7, 11) is -3.63. The third-order valence-electron chi connectivity index (χ3n) is 2.72. The smallest absolute Gasteiger partial charge is 0.244 e. The number of nitrogens with zero attached hydrogens (tertiary/aromatic N) is 1. The van der Waals surface area contributed by atoms with Crippen LogP contribution in [0, 0.1) is 0 Å². The molecule has 1 aromatic heterocycles. The summed E-state index contributed by atoms with van der Waals surface area (Å²) in [5.74, 6) is 5.36. The molecular weight excluding hydrogens is 256 g/mol. The van der Waals surface area contributed by atoms with Crippen LogP contribution in [0.4, 0.5) is 5.82 Å². The minimum atomic E-state index is -3.63. The van der Waals surface area contributed by atoms with E-state index in [0.717, 1.165) is 12.8 Å². The Morgan fingerprint density at radius 2 is 2.39 bits per heavy atom. The molecule has 1 unspecified atom stereocenters. The van der Waals surface area contributed by atoms with Crippen LogP contribution in [0.3, 0.4) is 0 Å². The lowest BCUT2D eigenvalue weighted by molar-refractivity contribution is 0.114. The van der Waals surface area contributed by atoms with Gasteiger partial charge in [-0.25, -0.2) is 24.0 Å². The van der Waals surface area contributed by atoms with Gasteiger partial charge in [0, 0.05) is 19.3 Å². The van der Waals surface area contributed by atoms with Gasteiger partial charge in [-0.05, 0) is 25.0 Å². The summed E-state index contributed by atoms with van der Waals surface area (Å²) in [5.41, 5.74) is 2.27. The van der Waals surface area contributed by atoms with Crippen LogP contribution < -0.4 is 16.0 Å². The maximum atomic E-state index is 12.1. The van der Waals surface area contributed by atoms with Crippen LogP contribution in [0.2, 0.25) is 0 Å². The number of rotatable bonds is 5. The zero-order chi connectivity index (χ0) is 13.0. The summed E-state index contributed by atoms with van der Waals surface area (Å²) in [6, 6.07) is 2.99. The number of nitrogens with one attached hydrogen (secondary N) is 2. The number of nitrogen functional groups attached to an aromatic ring is 1. The highest BCUT2D eigenvalue weighted by atomic mass is 32.2. The summed E-state index contributed by atoms with van der Waals surface area (Å²) in [6.45, 7) is 0.954. The summed E-state index contributed by atoms with van der Waals surface area (Å²) in [6.07, 6.45) is 3.26. The summed E-state index contributed by atoms with van der Waals surface area (Å²) < 4.78 is 32.0. The molecule has 1 atom stereocenters. The quantitative estimate of drug-likeness (QED) is 0.507. The van der Waals surface area contributed by atoms with E-state index in [4.69, 9.17) is 10.6 Å². The standard InChI is InChI=1S/C10H16N4O3S/c11-14-10-9(4-1-5-12-10)18(15,16)13-7-8-3-2-6-17-8/h1,4-5,8,13H,2-3,6-7,11H2,(H,12,14). The molecule has 1 aliphatic heterocycles. The van der Waals surface area contributed by atoms with Crippen molar-refractivity contribution in [3.8, 4) is 0 Å². The molecule has 1 aliphatic rings. The molecule has 1 saturated heterocycles. The average molecular weight is 272 g/mol. The van der Waals surface area contributed by atoms with Crippen molar-refractivity contribution in [3.05, 3.63) is 18.3 Å². The van der Waals surface area contributed by atoms with Crippen molar-refractivity contribution in [2.24, 2.45) is 5.84 Å². The van der Waals surface area contributed by atoms with E-state index in [1.807, 2.05) is 0 Å². The highest BCUT2D eigenvalue weighted by Gasteiger charge is 2.22. The van der Waals surface area contributed by atoms with Gasteiger partial charge in [0.2, 0.25) is 10.0 Å². The summed E-state index contributed by atoms with van der Waals surface area (Å²) in [4.78, 5) is 3.89. The van der Waals surface area contributed by atoms with Crippen molar-refractivity contribution in [3.63, 3.8) is 0 Å². The molecule has 1 fully saturated rings. The van der Waals surface area contributed by atoms with Gasteiger partial charge in [-0.1, -0.05) is 0 Å². The fourth-order valence-electron chi connectivity index (χ4n) is 1.80. The molecule has 0 aliphatic carbocycles. The average Bonchev–Trinajstić information content (AvgIpc) is 2.89. The Morgan fingerprint density at radius 3 is 3.06 bits per heavy atom. The van der Waals surface area contributed by atoms with E-state index in [1.165, 1.54) is 12.3 Å². The van der Waals surface area contributed by atoms with Gasteiger partial charge in [0.25, 0.3) is 0 Å². The maximum absolute atomic E-state index is 12.1. The molecule has 0 bridgehead atoms. The molecule has 1 aromatic rings. The minimum absolute atomic E-state index is 0.0329. The maximum Gasteiger partial charge on any atom is 0.244 e. The van der Waals surface area contributed by atoms with Crippen LogP contribution in [0.15, 0.2) is 23.2 Å². The highest BCUT2D eigenvalue weighted by Crippen LogP contribution is 2.17. The van der Waals surface area contributed by atoms with Crippen LogP contribution in [-0.4, -0.2) is 32.7 Å². The van der Waals surface area contributed by atoms with Gasteiger partial charge in [0.1, 0.15) is 4.90 Å². The van der Waals surface area contributed by atoms with Crippen molar-refractivity contribution >= 4 is 15.8 Å². The molecule has 0 spiro atoms. The predicted octanol–water partition coefficient (Wildman–Crippen LogP) is -0.176. The van der Waals surface area contributed by atoms with E-state index in [-0.39, 0.29) is 23.4 Å². The van der Waals surface area contributed by atoms with Gasteiger partial charge in [-0.2, -0.15) is 0 Å². The molecule has 7 nitrogen and oxygen atoms in total. The number of hydrogen-bond donors (Lipinski definition) is 3. The number of pyridine rings is 1. The van der Waals surface area contributed by atoms with E-state index in [1.54, 1.807) is 6.07 Å². The van der Waals surface area contributed by atoms with Crippen LogP contribution in [0.1, 0.15) is 12.8 Å². The Morgan fingerprint density at radius 1 is 1.56 bits per heavy atom. The molecule has 18 heavy (non-hydrogen) atoms. The fourth-order valence-corrected chi connectivity index (χ4v) is 2.99. The molecule has 100 valence electrons. The second-order valence-corrected chi connectivity index (χ2v) is 5.72. The largest absolute Gasteiger partial charge is 0.377 e. The van der Waals surface area contributed by atoms with E-state index in [9.17, 15) is 8.42 Å². The van der Waals surface area contributed by atoms with Crippen LogP contribution in [-0.2, 0) is 14.8 Å². The lowest BCUT2D eigenvalue weighted by Crippen LogP contribution is -2.32. The molecule has 2 rings (SSSR count). The molecule has 0 aromatic carbocycles. The first kappa shape index (κ1) is 13.2. The number of aromatic nitrogens is 1. The minimum Gasteiger partial charge on any atom is -0.377 e. The van der Waals surface area contributed by atoms with Crippen LogP contribution >= 0.6 is 0 Å². The molecule has 0 saturated carbocycles. The van der Waals surface area contributed by atoms with E-state index in [2.05, 4.69) is 15.1 Å². The monoisotopic (exact) mass is 272 g/mol. The number of ether oxygens (including phenoxy) is 1. The van der Waals surface area contributed by atoms with E-state index < -0.39 is 10.0 Å². The first-order valence-electron chi connectivity index (χ1n) is 5.66. The fraction of sp³-hybridized carbons (Fsp3) is 0.500. The number of sulfonamides is 1. The third kappa shape index (κ3) is 2.96. The zero-order valence-electron chi connectivity index (χ0n) is 9.80. The first-order valence-corrected chi connectivity index (χ1v) is 7.14. The topological polar surface area (TPSA) is 106 Å². The van der Waals surface area contributed by atoms with E-state index >= 15 is 0 Å². The van der Waals surface area contributed by atoms with Gasteiger partial charge >= 0.3 is 0 Å². The van der Waals surface area contributed by atoms with Crippen molar-refractivity contribution in [1.82, 2.24) is 9.71 Å². The van der Waals surface area contributed by atoms with Crippen molar-refractivity contribution in [2.45, 2.75) is 23.8 Å². The van der Waals surface area contributed by atoms with Crippen molar-refractivity contribution < 1.29 is 13.2 Å². The Balaban J connectivity index is 2.09. The van der Waals surface area contributed by atoms with Gasteiger partial charge in [-0.15, -0.1) is 0 Å².